The molecule has 1 aliphatic heterocycles. The lowest BCUT2D eigenvalue weighted by atomic mass is 9.96. The lowest BCUT2D eigenvalue weighted by Crippen LogP contribution is -2.45. The van der Waals surface area contributed by atoms with Crippen LogP contribution in [-0.4, -0.2) is 57.5 Å². The van der Waals surface area contributed by atoms with Crippen molar-refractivity contribution in [1.82, 2.24) is 14.9 Å². The maximum Gasteiger partial charge on any atom is 0.321 e. The van der Waals surface area contributed by atoms with Gasteiger partial charge in [0.25, 0.3) is 0 Å². The molecule has 3 N–H and O–H groups in total. The third-order valence-corrected chi connectivity index (χ3v) is 6.72. The Labute approximate surface area is 177 Å². The average Bonchev–Trinajstić information content (AvgIpc) is 3.50. The van der Waals surface area contributed by atoms with Gasteiger partial charge in [-0.05, 0) is 57.7 Å². The number of likely N-dealkylation sites (tertiary alicyclic amines) is 1. The van der Waals surface area contributed by atoms with Gasteiger partial charge in [0.05, 0.1) is 17.7 Å². The van der Waals surface area contributed by atoms with Crippen molar-refractivity contribution in [2.24, 2.45) is 5.92 Å². The van der Waals surface area contributed by atoms with Crippen LogP contribution >= 0.6 is 0 Å². The maximum atomic E-state index is 12.7. The number of nitrogens with zero attached hydrogens (tertiary/aromatic N) is 1. The number of methoxy groups -OCH3 is 1. The van der Waals surface area contributed by atoms with Gasteiger partial charge in [-0.25, -0.2) is 17.9 Å². The number of carbonyl (C=O) groups excluding carboxylic acids is 2. The minimum absolute atomic E-state index is 0.00988. The van der Waals surface area contributed by atoms with Crippen LogP contribution in [0.1, 0.15) is 39.5 Å². The molecule has 3 rings (SSSR count). The third-order valence-electron chi connectivity index (χ3n) is 5.21. The number of rotatable bonds is 7. The first-order chi connectivity index (χ1) is 14.2. The summed E-state index contributed by atoms with van der Waals surface area (Å²) in [5.41, 5.74) is 0.292. The number of sulfonamides is 1. The van der Waals surface area contributed by atoms with E-state index in [2.05, 4.69) is 15.4 Å². The smallest absolute Gasteiger partial charge is 0.321 e. The first kappa shape index (κ1) is 22.4. The van der Waals surface area contributed by atoms with Crippen LogP contribution in [0.3, 0.4) is 0 Å². The van der Waals surface area contributed by atoms with E-state index in [1.807, 2.05) is 13.8 Å². The van der Waals surface area contributed by atoms with Crippen molar-refractivity contribution < 1.29 is 22.7 Å². The number of hydrogen-bond donors (Lipinski definition) is 3. The molecule has 1 aliphatic carbocycles. The molecular formula is C20H30N4O5S. The van der Waals surface area contributed by atoms with E-state index in [4.69, 9.17) is 4.74 Å². The first-order valence-corrected chi connectivity index (χ1v) is 11.7. The van der Waals surface area contributed by atoms with Gasteiger partial charge in [0.15, 0.2) is 0 Å². The maximum absolute atomic E-state index is 12.7. The molecule has 30 heavy (non-hydrogen) atoms. The normalized spacial score (nSPS) is 17.7. The third kappa shape index (κ3) is 5.63. The molecule has 0 atom stereocenters. The largest absolute Gasteiger partial charge is 0.495 e. The Bertz CT molecular complexity index is 890. The van der Waals surface area contributed by atoms with Crippen LogP contribution in [0.15, 0.2) is 23.1 Å². The fourth-order valence-electron chi connectivity index (χ4n) is 3.38. The van der Waals surface area contributed by atoms with Crippen molar-refractivity contribution in [3.63, 3.8) is 0 Å². The Balaban J connectivity index is 1.64. The molecule has 166 valence electrons. The molecule has 1 saturated carbocycles. The van der Waals surface area contributed by atoms with Gasteiger partial charge < -0.3 is 20.3 Å². The van der Waals surface area contributed by atoms with Gasteiger partial charge >= 0.3 is 6.03 Å². The van der Waals surface area contributed by atoms with Gasteiger partial charge in [-0.3, -0.25) is 4.79 Å². The number of piperidine rings is 1. The molecule has 9 nitrogen and oxygen atoms in total. The van der Waals surface area contributed by atoms with E-state index in [1.54, 1.807) is 4.90 Å². The number of nitrogens with one attached hydrogen (secondary N) is 3. The fourth-order valence-corrected chi connectivity index (χ4v) is 4.71. The Morgan fingerprint density at radius 1 is 1.13 bits per heavy atom. The molecule has 0 radical (unpaired) electrons. The lowest BCUT2D eigenvalue weighted by molar-refractivity contribution is -0.126. The molecule has 1 aromatic rings. The Kier molecular flexibility index (Phi) is 6.87. The van der Waals surface area contributed by atoms with E-state index in [9.17, 15) is 18.0 Å². The minimum atomic E-state index is -3.65. The summed E-state index contributed by atoms with van der Waals surface area (Å²) in [6, 6.07) is 4.12. The van der Waals surface area contributed by atoms with E-state index in [1.165, 1.54) is 25.3 Å². The molecule has 0 spiro atoms. The summed E-state index contributed by atoms with van der Waals surface area (Å²) in [5, 5.41) is 5.67. The van der Waals surface area contributed by atoms with Crippen LogP contribution in [0, 0.1) is 5.92 Å². The van der Waals surface area contributed by atoms with E-state index >= 15 is 0 Å². The average molecular weight is 439 g/mol. The number of amides is 3. The summed E-state index contributed by atoms with van der Waals surface area (Å²) in [4.78, 5) is 26.6. The molecular weight excluding hydrogens is 408 g/mol. The summed E-state index contributed by atoms with van der Waals surface area (Å²) < 4.78 is 32.9. The number of anilines is 1. The summed E-state index contributed by atoms with van der Waals surface area (Å²) >= 11 is 0. The summed E-state index contributed by atoms with van der Waals surface area (Å²) in [6.45, 7) is 4.74. The quantitative estimate of drug-likeness (QED) is 0.601. The zero-order valence-corrected chi connectivity index (χ0v) is 18.4. The molecule has 2 fully saturated rings. The topological polar surface area (TPSA) is 117 Å². The van der Waals surface area contributed by atoms with Crippen molar-refractivity contribution >= 4 is 27.6 Å². The number of ether oxygens (including phenoxy) is 1. The van der Waals surface area contributed by atoms with Crippen LogP contribution < -0.4 is 20.1 Å². The summed E-state index contributed by atoms with van der Waals surface area (Å²) in [7, 11) is -2.19. The van der Waals surface area contributed by atoms with E-state index in [0.717, 1.165) is 12.8 Å². The van der Waals surface area contributed by atoms with E-state index in [-0.39, 0.29) is 34.8 Å². The predicted octanol–water partition coefficient (Wildman–Crippen LogP) is 1.90. The SMILES string of the molecule is COc1ccc(S(=O)(=O)NC2CC2)cc1NC(=O)N1CCC(C(=O)NC(C)C)CC1. The van der Waals surface area contributed by atoms with Crippen LogP contribution in [0.2, 0.25) is 0 Å². The predicted molar refractivity (Wildman–Crippen MR) is 113 cm³/mol. The molecule has 10 heteroatoms. The van der Waals surface area contributed by atoms with Crippen molar-refractivity contribution in [3.8, 4) is 5.75 Å². The van der Waals surface area contributed by atoms with Crippen molar-refractivity contribution in [2.75, 3.05) is 25.5 Å². The molecule has 3 amide bonds. The number of benzene rings is 1. The standard InChI is InChI=1S/C20H30N4O5S/c1-13(2)21-19(25)14-8-10-24(11-9-14)20(26)22-17-12-16(6-7-18(17)29-3)30(27,28)23-15-4-5-15/h6-7,12-15,23H,4-5,8-11H2,1-3H3,(H,21,25)(H,22,26). The molecule has 1 heterocycles. The first-order valence-electron chi connectivity index (χ1n) is 10.3. The Morgan fingerprint density at radius 2 is 1.80 bits per heavy atom. The van der Waals surface area contributed by atoms with Crippen molar-refractivity contribution in [1.29, 1.82) is 0 Å². The Hall–Kier alpha value is -2.33. The highest BCUT2D eigenvalue weighted by Gasteiger charge is 2.30. The highest BCUT2D eigenvalue weighted by atomic mass is 32.2. The fraction of sp³-hybridized carbons (Fsp3) is 0.600. The number of urea groups is 1. The zero-order chi connectivity index (χ0) is 21.9. The lowest BCUT2D eigenvalue weighted by Gasteiger charge is -2.31. The van der Waals surface area contributed by atoms with Crippen LogP contribution in [-0.2, 0) is 14.8 Å². The minimum Gasteiger partial charge on any atom is -0.495 e. The van der Waals surface area contributed by atoms with Gasteiger partial charge in [-0.15, -0.1) is 0 Å². The van der Waals surface area contributed by atoms with Gasteiger partial charge in [0.1, 0.15) is 5.75 Å². The molecule has 1 saturated heterocycles. The molecule has 2 aliphatic rings. The monoisotopic (exact) mass is 438 g/mol. The number of hydrogen-bond acceptors (Lipinski definition) is 5. The van der Waals surface area contributed by atoms with Crippen molar-refractivity contribution in [2.45, 2.75) is 56.5 Å². The highest BCUT2D eigenvalue weighted by Crippen LogP contribution is 2.30. The second-order valence-corrected chi connectivity index (χ2v) is 9.83. The highest BCUT2D eigenvalue weighted by molar-refractivity contribution is 7.89. The van der Waals surface area contributed by atoms with Gasteiger partial charge in [-0.1, -0.05) is 0 Å². The van der Waals surface area contributed by atoms with Gasteiger partial charge in [-0.2, -0.15) is 0 Å². The second kappa shape index (κ2) is 9.22. The zero-order valence-electron chi connectivity index (χ0n) is 17.6. The van der Waals surface area contributed by atoms with Crippen LogP contribution in [0.25, 0.3) is 0 Å². The molecule has 1 aromatic carbocycles. The van der Waals surface area contributed by atoms with E-state index < -0.39 is 10.0 Å². The summed E-state index contributed by atoms with van der Waals surface area (Å²) in [6.07, 6.45) is 2.85. The Morgan fingerprint density at radius 3 is 2.37 bits per heavy atom. The molecule has 0 aromatic heterocycles. The van der Waals surface area contributed by atoms with E-state index in [0.29, 0.717) is 37.4 Å². The second-order valence-electron chi connectivity index (χ2n) is 8.11. The molecule has 0 bridgehead atoms. The summed E-state index contributed by atoms with van der Waals surface area (Å²) in [5.74, 6) is 0.292. The van der Waals surface area contributed by atoms with Crippen LogP contribution in [0.4, 0.5) is 10.5 Å². The van der Waals surface area contributed by atoms with Gasteiger partial charge in [0, 0.05) is 31.1 Å². The van der Waals surface area contributed by atoms with Gasteiger partial charge in [0.2, 0.25) is 15.9 Å². The van der Waals surface area contributed by atoms with Crippen LogP contribution in [0.5, 0.6) is 5.75 Å². The molecule has 0 unspecified atom stereocenters. The number of carbonyl (C=O) groups is 2. The van der Waals surface area contributed by atoms with Crippen molar-refractivity contribution in [3.05, 3.63) is 18.2 Å².